The molecular formula is C13H22N4S. The van der Waals surface area contributed by atoms with E-state index < -0.39 is 0 Å². The Kier molecular flexibility index (Phi) is 4.22. The molecular weight excluding hydrogens is 244 g/mol. The molecule has 0 radical (unpaired) electrons. The van der Waals surface area contributed by atoms with Crippen molar-refractivity contribution in [3.05, 3.63) is 17.5 Å². The number of aromatic nitrogens is 2. The molecule has 1 atom stereocenters. The van der Waals surface area contributed by atoms with Crippen LogP contribution in [0.4, 0.5) is 0 Å². The molecule has 1 unspecified atom stereocenters. The number of nitrogens with one attached hydrogen (secondary N) is 2. The lowest BCUT2D eigenvalue weighted by molar-refractivity contribution is 0.604. The Balaban J connectivity index is 1.88. The summed E-state index contributed by atoms with van der Waals surface area (Å²) >= 11 is 5.37. The smallest absolute Gasteiger partial charge is 0.166 e. The molecule has 2 rings (SSSR count). The van der Waals surface area contributed by atoms with Crippen LogP contribution in [0.3, 0.4) is 0 Å². The van der Waals surface area contributed by atoms with Gasteiger partial charge in [0.25, 0.3) is 0 Å². The van der Waals surface area contributed by atoms with Gasteiger partial charge in [0, 0.05) is 24.3 Å². The number of nitrogens with zero attached hydrogens (tertiary/aromatic N) is 2. The Hall–Kier alpha value is -1.10. The molecule has 0 amide bonds. The zero-order valence-corrected chi connectivity index (χ0v) is 12.2. The van der Waals surface area contributed by atoms with E-state index >= 15 is 0 Å². The van der Waals surface area contributed by atoms with Crippen molar-refractivity contribution in [2.45, 2.75) is 51.6 Å². The molecule has 18 heavy (non-hydrogen) atoms. The lowest BCUT2D eigenvalue weighted by Gasteiger charge is -2.20. The molecule has 0 spiro atoms. The summed E-state index contributed by atoms with van der Waals surface area (Å²) in [4.78, 5) is 0. The molecule has 100 valence electrons. The van der Waals surface area contributed by atoms with E-state index in [1.807, 2.05) is 17.9 Å². The van der Waals surface area contributed by atoms with Gasteiger partial charge in [-0.05, 0) is 38.9 Å². The molecule has 0 bridgehead atoms. The normalized spacial score (nSPS) is 17.7. The predicted octanol–water partition coefficient (Wildman–Crippen LogP) is 2.20. The van der Waals surface area contributed by atoms with Crippen molar-refractivity contribution in [2.24, 2.45) is 7.05 Å². The van der Waals surface area contributed by atoms with E-state index in [-0.39, 0.29) is 6.04 Å². The summed E-state index contributed by atoms with van der Waals surface area (Å²) in [5, 5.41) is 11.8. The molecule has 1 aliphatic rings. The highest BCUT2D eigenvalue weighted by Gasteiger charge is 2.17. The van der Waals surface area contributed by atoms with Gasteiger partial charge in [0.2, 0.25) is 0 Å². The summed E-state index contributed by atoms with van der Waals surface area (Å²) in [6, 6.07) is 0.757. The third-order valence-electron chi connectivity index (χ3n) is 3.78. The van der Waals surface area contributed by atoms with E-state index in [4.69, 9.17) is 12.2 Å². The van der Waals surface area contributed by atoms with Crippen LogP contribution >= 0.6 is 12.2 Å². The first kappa shape index (κ1) is 13.3. The maximum atomic E-state index is 5.37. The van der Waals surface area contributed by atoms with Gasteiger partial charge >= 0.3 is 0 Å². The Morgan fingerprint density at radius 1 is 1.50 bits per heavy atom. The molecule has 4 nitrogen and oxygen atoms in total. The molecule has 1 saturated carbocycles. The van der Waals surface area contributed by atoms with Crippen LogP contribution in [-0.2, 0) is 7.05 Å². The Bertz CT molecular complexity index is 421. The second-order valence-electron chi connectivity index (χ2n) is 5.13. The maximum absolute atomic E-state index is 5.37. The molecule has 1 aromatic heterocycles. The van der Waals surface area contributed by atoms with Crippen molar-refractivity contribution in [1.82, 2.24) is 20.4 Å². The Labute approximate surface area is 114 Å². The van der Waals surface area contributed by atoms with Crippen molar-refractivity contribution in [3.63, 3.8) is 0 Å². The van der Waals surface area contributed by atoms with Crippen molar-refractivity contribution < 1.29 is 0 Å². The molecule has 1 aromatic rings. The summed E-state index contributed by atoms with van der Waals surface area (Å²) in [5.74, 6) is 0. The number of hydrogen-bond acceptors (Lipinski definition) is 2. The van der Waals surface area contributed by atoms with E-state index in [9.17, 15) is 0 Å². The van der Waals surface area contributed by atoms with Crippen molar-refractivity contribution >= 4 is 17.3 Å². The monoisotopic (exact) mass is 266 g/mol. The lowest BCUT2D eigenvalue weighted by atomic mass is 10.1. The van der Waals surface area contributed by atoms with Gasteiger partial charge in [0.15, 0.2) is 5.11 Å². The average Bonchev–Trinajstić information content (AvgIpc) is 2.91. The Morgan fingerprint density at radius 3 is 2.72 bits per heavy atom. The summed E-state index contributed by atoms with van der Waals surface area (Å²) < 4.78 is 1.89. The van der Waals surface area contributed by atoms with Crippen LogP contribution in [0.5, 0.6) is 0 Å². The summed E-state index contributed by atoms with van der Waals surface area (Å²) in [7, 11) is 1.96. The fourth-order valence-electron chi connectivity index (χ4n) is 2.51. The summed E-state index contributed by atoms with van der Waals surface area (Å²) in [6.07, 6.45) is 7.02. The second-order valence-corrected chi connectivity index (χ2v) is 5.54. The number of hydrogen-bond donors (Lipinski definition) is 2. The van der Waals surface area contributed by atoms with Gasteiger partial charge < -0.3 is 10.6 Å². The van der Waals surface area contributed by atoms with Crippen LogP contribution in [0.15, 0.2) is 6.20 Å². The minimum atomic E-state index is 0.195. The van der Waals surface area contributed by atoms with E-state index in [1.54, 1.807) is 0 Å². The minimum absolute atomic E-state index is 0.195. The molecule has 1 fully saturated rings. The molecule has 1 aliphatic carbocycles. The Morgan fingerprint density at radius 2 is 2.17 bits per heavy atom. The van der Waals surface area contributed by atoms with Crippen LogP contribution in [0, 0.1) is 6.92 Å². The van der Waals surface area contributed by atoms with E-state index in [0.29, 0.717) is 6.04 Å². The highest BCUT2D eigenvalue weighted by Crippen LogP contribution is 2.18. The van der Waals surface area contributed by atoms with Crippen molar-refractivity contribution in [1.29, 1.82) is 0 Å². The standard InChI is InChI=1S/C13H22N4S/c1-9(12-8-14-17(3)10(12)2)15-13(18)16-11-6-4-5-7-11/h8-9,11H,4-7H2,1-3H3,(H2,15,16,18). The van der Waals surface area contributed by atoms with E-state index in [0.717, 1.165) is 5.11 Å². The third-order valence-corrected chi connectivity index (χ3v) is 4.01. The van der Waals surface area contributed by atoms with Gasteiger partial charge in [-0.1, -0.05) is 12.8 Å². The number of thiocarbonyl (C=S) groups is 1. The molecule has 0 saturated heterocycles. The molecule has 1 heterocycles. The zero-order chi connectivity index (χ0) is 13.1. The fraction of sp³-hybridized carbons (Fsp3) is 0.692. The molecule has 0 aromatic carbocycles. The van der Waals surface area contributed by atoms with E-state index in [1.165, 1.54) is 36.9 Å². The van der Waals surface area contributed by atoms with Crippen LogP contribution in [0.25, 0.3) is 0 Å². The third kappa shape index (κ3) is 3.02. The SMILES string of the molecule is Cc1c(C(C)NC(=S)NC2CCCC2)cnn1C. The van der Waals surface area contributed by atoms with Gasteiger partial charge in [-0.3, -0.25) is 4.68 Å². The highest BCUT2D eigenvalue weighted by atomic mass is 32.1. The first-order valence-electron chi connectivity index (χ1n) is 6.63. The zero-order valence-electron chi connectivity index (χ0n) is 11.4. The summed E-state index contributed by atoms with van der Waals surface area (Å²) in [5.41, 5.74) is 2.38. The average molecular weight is 266 g/mol. The number of rotatable bonds is 3. The van der Waals surface area contributed by atoms with Gasteiger partial charge in [-0.25, -0.2) is 0 Å². The lowest BCUT2D eigenvalue weighted by Crippen LogP contribution is -2.41. The van der Waals surface area contributed by atoms with Crippen molar-refractivity contribution in [2.75, 3.05) is 0 Å². The fourth-order valence-corrected chi connectivity index (χ4v) is 2.86. The molecule has 5 heteroatoms. The molecule has 0 aliphatic heterocycles. The first-order chi connectivity index (χ1) is 8.58. The highest BCUT2D eigenvalue weighted by molar-refractivity contribution is 7.80. The second kappa shape index (κ2) is 5.69. The largest absolute Gasteiger partial charge is 0.360 e. The van der Waals surface area contributed by atoms with Crippen LogP contribution in [0.2, 0.25) is 0 Å². The first-order valence-corrected chi connectivity index (χ1v) is 7.04. The maximum Gasteiger partial charge on any atom is 0.166 e. The molecule has 2 N–H and O–H groups in total. The summed E-state index contributed by atoms with van der Waals surface area (Å²) in [6.45, 7) is 4.20. The van der Waals surface area contributed by atoms with Crippen LogP contribution in [0.1, 0.15) is 49.9 Å². The minimum Gasteiger partial charge on any atom is -0.360 e. The van der Waals surface area contributed by atoms with Gasteiger partial charge in [-0.15, -0.1) is 0 Å². The van der Waals surface area contributed by atoms with Gasteiger partial charge in [-0.2, -0.15) is 5.10 Å². The predicted molar refractivity (Wildman–Crippen MR) is 77.5 cm³/mol. The van der Waals surface area contributed by atoms with Crippen LogP contribution in [-0.4, -0.2) is 20.9 Å². The number of aryl methyl sites for hydroxylation is 1. The van der Waals surface area contributed by atoms with E-state index in [2.05, 4.69) is 29.6 Å². The quantitative estimate of drug-likeness (QED) is 0.823. The topological polar surface area (TPSA) is 41.9 Å². The van der Waals surface area contributed by atoms with Crippen molar-refractivity contribution in [3.8, 4) is 0 Å². The van der Waals surface area contributed by atoms with Gasteiger partial charge in [0.05, 0.1) is 12.2 Å². The van der Waals surface area contributed by atoms with Gasteiger partial charge in [0.1, 0.15) is 0 Å². The van der Waals surface area contributed by atoms with Crippen LogP contribution < -0.4 is 10.6 Å².